The van der Waals surface area contributed by atoms with Gasteiger partial charge in [-0.3, -0.25) is 4.99 Å². The van der Waals surface area contributed by atoms with Crippen molar-refractivity contribution in [2.75, 3.05) is 18.4 Å². The Bertz CT molecular complexity index is 762. The van der Waals surface area contributed by atoms with Gasteiger partial charge in [-0.1, -0.05) is 25.1 Å². The molecule has 0 fully saturated rings. The summed E-state index contributed by atoms with van der Waals surface area (Å²) < 4.78 is 26.6. The summed E-state index contributed by atoms with van der Waals surface area (Å²) in [7, 11) is -3.44. The highest BCUT2D eigenvalue weighted by Crippen LogP contribution is 2.14. The molecule has 0 saturated heterocycles. The van der Waals surface area contributed by atoms with Crippen LogP contribution in [0, 0.1) is 0 Å². The lowest BCUT2D eigenvalue weighted by molar-refractivity contribution is 0.584. The largest absolute Gasteiger partial charge is 0.370 e. The summed E-state index contributed by atoms with van der Waals surface area (Å²) >= 11 is 1.18. The number of aryl methyl sites for hydroxylation is 1. The summed E-state index contributed by atoms with van der Waals surface area (Å²) in [4.78, 5) is 4.12. The van der Waals surface area contributed by atoms with Gasteiger partial charge in [-0.05, 0) is 35.6 Å². The molecule has 6 nitrogen and oxygen atoms in total. The van der Waals surface area contributed by atoms with Gasteiger partial charge in [0, 0.05) is 12.2 Å². The lowest BCUT2D eigenvalue weighted by Gasteiger charge is -2.07. The summed E-state index contributed by atoms with van der Waals surface area (Å²) in [6.07, 6.45) is 0.942. The number of nitrogens with two attached hydrogens (primary N) is 1. The van der Waals surface area contributed by atoms with Gasteiger partial charge in [0.2, 0.25) is 10.0 Å². The summed E-state index contributed by atoms with van der Waals surface area (Å²) in [5, 5.41) is 4.72. The molecule has 132 valence electrons. The van der Waals surface area contributed by atoms with Gasteiger partial charge in [0.15, 0.2) is 5.96 Å². The standard InChI is InChI=1S/C15H20N4O2S2.HI/c1-2-12-5-3-6-13(11-12)19-15(16)17-8-9-18-23(20,21)14-7-4-10-22-14;/h3-7,10-11,18H,2,8-9H2,1H3,(H3,16,17,19);1H. The Morgan fingerprint density at radius 2 is 2.08 bits per heavy atom. The first-order chi connectivity index (χ1) is 11.0. The first-order valence-electron chi connectivity index (χ1n) is 7.20. The van der Waals surface area contributed by atoms with Gasteiger partial charge in [0.1, 0.15) is 4.21 Å². The number of aliphatic imine (C=N–C) groups is 1. The van der Waals surface area contributed by atoms with Crippen LogP contribution < -0.4 is 15.8 Å². The van der Waals surface area contributed by atoms with E-state index in [0.29, 0.717) is 4.21 Å². The summed E-state index contributed by atoms with van der Waals surface area (Å²) in [5.41, 5.74) is 7.87. The van der Waals surface area contributed by atoms with Crippen LogP contribution in [0.15, 0.2) is 51.0 Å². The van der Waals surface area contributed by atoms with E-state index >= 15 is 0 Å². The van der Waals surface area contributed by atoms with Crippen molar-refractivity contribution in [1.82, 2.24) is 4.72 Å². The van der Waals surface area contributed by atoms with E-state index in [-0.39, 0.29) is 43.0 Å². The molecule has 4 N–H and O–H groups in total. The number of thiophene rings is 1. The minimum absolute atomic E-state index is 0. The van der Waals surface area contributed by atoms with E-state index in [2.05, 4.69) is 22.0 Å². The van der Waals surface area contributed by atoms with Crippen LogP contribution >= 0.6 is 35.3 Å². The van der Waals surface area contributed by atoms with Crippen molar-refractivity contribution in [3.05, 3.63) is 47.3 Å². The van der Waals surface area contributed by atoms with Crippen LogP contribution in [-0.4, -0.2) is 27.5 Å². The van der Waals surface area contributed by atoms with Crippen molar-refractivity contribution in [3.8, 4) is 0 Å². The maximum absolute atomic E-state index is 11.9. The number of halogens is 1. The van der Waals surface area contributed by atoms with Gasteiger partial charge in [0.25, 0.3) is 0 Å². The first kappa shape index (κ1) is 20.9. The smallest absolute Gasteiger partial charge is 0.250 e. The van der Waals surface area contributed by atoms with E-state index in [1.54, 1.807) is 17.5 Å². The Morgan fingerprint density at radius 3 is 2.75 bits per heavy atom. The minimum atomic E-state index is -3.44. The number of benzene rings is 1. The molecule has 0 spiro atoms. The van der Waals surface area contributed by atoms with Crippen molar-refractivity contribution < 1.29 is 8.42 Å². The second-order valence-electron chi connectivity index (χ2n) is 4.78. The highest BCUT2D eigenvalue weighted by Gasteiger charge is 2.13. The zero-order valence-electron chi connectivity index (χ0n) is 13.2. The highest BCUT2D eigenvalue weighted by atomic mass is 127. The number of guanidine groups is 1. The van der Waals surface area contributed by atoms with Crippen molar-refractivity contribution in [2.24, 2.45) is 10.7 Å². The fourth-order valence-electron chi connectivity index (χ4n) is 1.90. The number of sulfonamides is 1. The molecule has 0 radical (unpaired) electrons. The Labute approximate surface area is 163 Å². The third-order valence-corrected chi connectivity index (χ3v) is 5.91. The van der Waals surface area contributed by atoms with Crippen molar-refractivity contribution in [1.29, 1.82) is 0 Å². The monoisotopic (exact) mass is 480 g/mol. The number of nitrogens with one attached hydrogen (secondary N) is 2. The maximum atomic E-state index is 11.9. The van der Waals surface area contributed by atoms with Crippen LogP contribution in [-0.2, 0) is 16.4 Å². The maximum Gasteiger partial charge on any atom is 0.250 e. The Morgan fingerprint density at radius 1 is 1.29 bits per heavy atom. The molecular formula is C15H21IN4O2S2. The molecule has 1 aromatic heterocycles. The third-order valence-electron chi connectivity index (χ3n) is 3.05. The summed E-state index contributed by atoms with van der Waals surface area (Å²) in [6, 6.07) is 11.2. The molecule has 1 aromatic carbocycles. The van der Waals surface area contributed by atoms with E-state index in [0.717, 1.165) is 12.1 Å². The predicted molar refractivity (Wildman–Crippen MR) is 111 cm³/mol. The van der Waals surface area contributed by atoms with Crippen LogP contribution in [0.1, 0.15) is 12.5 Å². The summed E-state index contributed by atoms with van der Waals surface area (Å²) in [5.74, 6) is 0.258. The SMILES string of the molecule is CCc1cccc(NC(N)=NCCNS(=O)(=O)c2cccs2)c1.I. The average molecular weight is 480 g/mol. The van der Waals surface area contributed by atoms with Crippen LogP contribution in [0.25, 0.3) is 0 Å². The van der Waals surface area contributed by atoms with E-state index in [9.17, 15) is 8.42 Å². The normalized spacial score (nSPS) is 11.8. The molecule has 0 aliphatic rings. The quantitative estimate of drug-likeness (QED) is 0.246. The van der Waals surface area contributed by atoms with Gasteiger partial charge in [-0.15, -0.1) is 35.3 Å². The molecule has 2 rings (SSSR count). The number of rotatable bonds is 7. The molecule has 24 heavy (non-hydrogen) atoms. The lowest BCUT2D eigenvalue weighted by atomic mass is 10.1. The zero-order chi connectivity index (χ0) is 16.7. The van der Waals surface area contributed by atoms with Crippen LogP contribution in [0.4, 0.5) is 5.69 Å². The Balaban J connectivity index is 0.00000288. The van der Waals surface area contributed by atoms with E-state index in [1.807, 2.05) is 24.3 Å². The van der Waals surface area contributed by atoms with Gasteiger partial charge >= 0.3 is 0 Å². The molecule has 0 bridgehead atoms. The molecule has 0 atom stereocenters. The van der Waals surface area contributed by atoms with Crippen LogP contribution in [0.3, 0.4) is 0 Å². The van der Waals surface area contributed by atoms with Gasteiger partial charge < -0.3 is 11.1 Å². The third kappa shape index (κ3) is 6.38. The Hall–Kier alpha value is -1.17. The average Bonchev–Trinajstić information content (AvgIpc) is 3.07. The molecule has 0 aliphatic carbocycles. The molecule has 0 amide bonds. The topological polar surface area (TPSA) is 96.6 Å². The number of nitrogens with zero attached hydrogens (tertiary/aromatic N) is 1. The summed E-state index contributed by atoms with van der Waals surface area (Å²) in [6.45, 7) is 2.53. The molecule has 0 aliphatic heterocycles. The van der Waals surface area contributed by atoms with Gasteiger partial charge in [-0.2, -0.15) is 0 Å². The van der Waals surface area contributed by atoms with Crippen molar-refractivity contribution in [3.63, 3.8) is 0 Å². The zero-order valence-corrected chi connectivity index (χ0v) is 17.2. The predicted octanol–water partition coefficient (Wildman–Crippen LogP) is 2.63. The van der Waals surface area contributed by atoms with Crippen molar-refractivity contribution >= 4 is 57.0 Å². The molecular weight excluding hydrogens is 459 g/mol. The van der Waals surface area contributed by atoms with Crippen LogP contribution in [0.2, 0.25) is 0 Å². The molecule has 2 aromatic rings. The van der Waals surface area contributed by atoms with Gasteiger partial charge in [0.05, 0.1) is 6.54 Å². The highest BCUT2D eigenvalue weighted by molar-refractivity contribution is 14.0. The van der Waals surface area contributed by atoms with E-state index < -0.39 is 10.0 Å². The molecule has 0 unspecified atom stereocenters. The van der Waals surface area contributed by atoms with Crippen LogP contribution in [0.5, 0.6) is 0 Å². The first-order valence-corrected chi connectivity index (χ1v) is 9.56. The minimum Gasteiger partial charge on any atom is -0.370 e. The number of hydrogen-bond acceptors (Lipinski definition) is 4. The molecule has 9 heteroatoms. The van der Waals surface area contributed by atoms with E-state index in [4.69, 9.17) is 5.73 Å². The van der Waals surface area contributed by atoms with E-state index in [1.165, 1.54) is 16.9 Å². The molecule has 1 heterocycles. The number of hydrogen-bond donors (Lipinski definition) is 3. The second-order valence-corrected chi connectivity index (χ2v) is 7.72. The van der Waals surface area contributed by atoms with Crippen molar-refractivity contribution in [2.45, 2.75) is 17.6 Å². The molecule has 0 saturated carbocycles. The lowest BCUT2D eigenvalue weighted by Crippen LogP contribution is -2.28. The Kier molecular flexibility index (Phi) is 8.67. The van der Waals surface area contributed by atoms with Gasteiger partial charge in [-0.25, -0.2) is 13.1 Å². The number of anilines is 1. The fourth-order valence-corrected chi connectivity index (χ4v) is 3.96. The second kappa shape index (κ2) is 9.97. The fraction of sp³-hybridized carbons (Fsp3) is 0.267.